The number of benzene rings is 2. The molecule has 1 aliphatic carbocycles. The first-order chi connectivity index (χ1) is 22.3. The van der Waals surface area contributed by atoms with Gasteiger partial charge < -0.3 is 31.5 Å². The maximum Gasteiger partial charge on any atom is 0.238 e. The van der Waals surface area contributed by atoms with E-state index >= 15 is 0 Å². The lowest BCUT2D eigenvalue weighted by Gasteiger charge is -2.26. The number of nitrogens with one attached hydrogen (secondary N) is 4. The van der Waals surface area contributed by atoms with Gasteiger partial charge in [0.25, 0.3) is 0 Å². The van der Waals surface area contributed by atoms with Crippen LogP contribution in [0.3, 0.4) is 0 Å². The number of rotatable bonds is 14. The number of hydrogen-bond acceptors (Lipinski definition) is 8. The van der Waals surface area contributed by atoms with Gasteiger partial charge in [-0.1, -0.05) is 69.8 Å². The summed E-state index contributed by atoms with van der Waals surface area (Å²) < 4.78 is 5.09. The first-order valence-electron chi connectivity index (χ1n) is 16.6. The first-order valence-corrected chi connectivity index (χ1v) is 17.7. The van der Waals surface area contributed by atoms with Crippen LogP contribution >= 0.6 is 11.8 Å². The Morgan fingerprint density at radius 3 is 2.37 bits per heavy atom. The summed E-state index contributed by atoms with van der Waals surface area (Å²) in [5.74, 6) is 1.37. The highest BCUT2D eigenvalue weighted by atomic mass is 32.2. The molecule has 3 aliphatic rings. The van der Waals surface area contributed by atoms with E-state index in [1.807, 2.05) is 56.3 Å². The Labute approximate surface area is 279 Å². The third kappa shape index (κ3) is 12.7. The van der Waals surface area contributed by atoms with Gasteiger partial charge >= 0.3 is 0 Å². The van der Waals surface area contributed by atoms with Crippen molar-refractivity contribution in [2.24, 2.45) is 5.73 Å². The monoisotopic (exact) mass is 651 g/mol. The minimum Gasteiger partial charge on any atom is -0.510 e. The predicted octanol–water partition coefficient (Wildman–Crippen LogP) is 6.06. The molecule has 2 aromatic carbocycles. The van der Waals surface area contributed by atoms with Crippen LogP contribution in [-0.2, 0) is 20.7 Å². The number of allylic oxidation sites excluding steroid dienone is 1. The van der Waals surface area contributed by atoms with Crippen LogP contribution in [-0.4, -0.2) is 53.3 Å². The zero-order valence-electron chi connectivity index (χ0n) is 27.6. The maximum absolute atomic E-state index is 12.9. The van der Waals surface area contributed by atoms with Gasteiger partial charge in [0.15, 0.2) is 0 Å². The van der Waals surface area contributed by atoms with Crippen molar-refractivity contribution in [3.05, 3.63) is 89.5 Å². The van der Waals surface area contributed by atoms with Gasteiger partial charge in [-0.25, -0.2) is 0 Å². The molecular weight excluding hydrogens is 598 g/mol. The molecule has 0 aromatic heterocycles. The Balaban J connectivity index is 0.000000439. The summed E-state index contributed by atoms with van der Waals surface area (Å²) in [6, 6.07) is 17.2. The molecule has 0 spiro atoms. The number of hydrogen-bond donors (Lipinski definition) is 6. The first kappa shape index (κ1) is 37.0. The van der Waals surface area contributed by atoms with Gasteiger partial charge in [0.1, 0.15) is 11.9 Å². The zero-order valence-corrected chi connectivity index (χ0v) is 28.5. The van der Waals surface area contributed by atoms with Gasteiger partial charge in [0, 0.05) is 24.4 Å². The topological polar surface area (TPSA) is 141 Å². The van der Waals surface area contributed by atoms with E-state index in [4.69, 9.17) is 10.5 Å². The third-order valence-electron chi connectivity index (χ3n) is 7.87. The van der Waals surface area contributed by atoms with Gasteiger partial charge in [-0.2, -0.15) is 0 Å². The fraction of sp³-hybridized carbons (Fsp3) is 0.500. The summed E-state index contributed by atoms with van der Waals surface area (Å²) in [5, 5.41) is 23.5. The van der Waals surface area contributed by atoms with E-state index in [1.165, 1.54) is 5.56 Å². The molecule has 5 rings (SSSR count). The number of amides is 2. The van der Waals surface area contributed by atoms with Gasteiger partial charge in [-0.05, 0) is 73.8 Å². The van der Waals surface area contributed by atoms with Crippen LogP contribution in [0.2, 0.25) is 0 Å². The second-order valence-electron chi connectivity index (χ2n) is 11.4. The lowest BCUT2D eigenvalue weighted by Crippen LogP contribution is -2.49. The minimum absolute atomic E-state index is 0.0332. The van der Waals surface area contributed by atoms with Crippen molar-refractivity contribution in [2.75, 3.05) is 24.2 Å². The summed E-state index contributed by atoms with van der Waals surface area (Å²) in [6.45, 7) is 11.3. The van der Waals surface area contributed by atoms with Crippen molar-refractivity contribution >= 4 is 29.3 Å². The van der Waals surface area contributed by atoms with E-state index < -0.39 is 6.04 Å². The van der Waals surface area contributed by atoms with E-state index in [2.05, 4.69) is 46.9 Å². The normalized spacial score (nSPS) is 20.0. The molecular formula is C36H53N5O4S. The van der Waals surface area contributed by atoms with Gasteiger partial charge in [0.05, 0.1) is 29.9 Å². The molecule has 46 heavy (non-hydrogen) atoms. The van der Waals surface area contributed by atoms with Crippen LogP contribution in [0, 0.1) is 0 Å². The number of aliphatic hydroxyl groups excluding tert-OH is 1. The molecule has 0 radical (unpaired) electrons. The number of aliphatic hydroxyl groups is 1. The number of carbonyl (C=O) groups is 2. The van der Waals surface area contributed by atoms with Crippen molar-refractivity contribution in [3.63, 3.8) is 0 Å². The Morgan fingerprint density at radius 1 is 1.11 bits per heavy atom. The molecule has 9 nitrogen and oxygen atoms in total. The molecule has 2 heterocycles. The molecule has 1 saturated carbocycles. The SMILES string of the molecule is C=C(N)NCCCCC(=O)Nc1ccc(CC(NC(=O)C2CSC(CC)N2)C(O)=C2CCC2)cc1.CC.c1ccc(C2CO2)cc1. The number of carbonyl (C=O) groups excluding carboxylic acids is 2. The number of unbranched alkanes of at least 4 members (excludes halogenated alkanes) is 1. The molecule has 2 aliphatic heterocycles. The minimum atomic E-state index is -0.455. The van der Waals surface area contributed by atoms with E-state index in [-0.39, 0.29) is 17.9 Å². The van der Waals surface area contributed by atoms with Gasteiger partial charge in [-0.15, -0.1) is 11.8 Å². The van der Waals surface area contributed by atoms with Crippen molar-refractivity contribution in [1.29, 1.82) is 0 Å². The largest absolute Gasteiger partial charge is 0.510 e. The zero-order chi connectivity index (χ0) is 33.3. The fourth-order valence-electron chi connectivity index (χ4n) is 5.02. The smallest absolute Gasteiger partial charge is 0.238 e. The Morgan fingerprint density at radius 2 is 1.80 bits per heavy atom. The highest BCUT2D eigenvalue weighted by Gasteiger charge is 2.31. The molecule has 2 amide bonds. The van der Waals surface area contributed by atoms with Crippen LogP contribution < -0.4 is 27.0 Å². The molecule has 10 heteroatoms. The van der Waals surface area contributed by atoms with E-state index in [1.54, 1.807) is 11.8 Å². The Kier molecular flexibility index (Phi) is 16.0. The third-order valence-corrected chi connectivity index (χ3v) is 9.27. The summed E-state index contributed by atoms with van der Waals surface area (Å²) in [6.07, 6.45) is 6.74. The van der Waals surface area contributed by atoms with E-state index in [0.29, 0.717) is 42.4 Å². The predicted molar refractivity (Wildman–Crippen MR) is 189 cm³/mol. The molecule has 0 bridgehead atoms. The molecule has 252 valence electrons. The average Bonchev–Trinajstić information content (AvgIpc) is 3.78. The van der Waals surface area contributed by atoms with Crippen molar-refractivity contribution in [2.45, 2.75) is 95.7 Å². The number of epoxide rings is 1. The lowest BCUT2D eigenvalue weighted by atomic mass is 9.88. The lowest BCUT2D eigenvalue weighted by molar-refractivity contribution is -0.123. The molecule has 3 fully saturated rings. The van der Waals surface area contributed by atoms with E-state index in [9.17, 15) is 14.7 Å². The standard InChI is InChI=1S/C26H39N5O3S.C8H8O.C2H6/c1-3-24-30-22(16-35-24)26(34)31-21(25(33)19-7-6-8-19)15-18-10-12-20(13-11-18)29-23(32)9-4-5-14-28-17(2)27;1-2-4-7(5-3-1)8-6-9-8;1-2/h10-13,21-22,24,28,30,33H,2-9,14-16,27H2,1H3,(H,29,32)(H,31,34);1-5,8H,6H2;1-2H3. The van der Waals surface area contributed by atoms with Crippen molar-refractivity contribution < 1.29 is 19.4 Å². The fourth-order valence-corrected chi connectivity index (χ4v) is 6.18. The molecule has 2 saturated heterocycles. The molecule has 4 atom stereocenters. The summed E-state index contributed by atoms with van der Waals surface area (Å²) in [5.41, 5.74) is 9.50. The quantitative estimate of drug-likeness (QED) is 0.0823. The second kappa shape index (κ2) is 19.9. The van der Waals surface area contributed by atoms with Gasteiger partial charge in [0.2, 0.25) is 11.8 Å². The van der Waals surface area contributed by atoms with Crippen molar-refractivity contribution in [3.8, 4) is 0 Å². The molecule has 4 unspecified atom stereocenters. The average molecular weight is 652 g/mol. The van der Waals surface area contributed by atoms with Crippen LogP contribution in [0.15, 0.2) is 78.3 Å². The number of anilines is 1. The van der Waals surface area contributed by atoms with Crippen LogP contribution in [0.4, 0.5) is 5.69 Å². The molecule has 2 aromatic rings. The van der Waals surface area contributed by atoms with Crippen LogP contribution in [0.1, 0.15) is 82.9 Å². The summed E-state index contributed by atoms with van der Waals surface area (Å²) in [4.78, 5) is 25.1. The highest BCUT2D eigenvalue weighted by Crippen LogP contribution is 2.30. The number of ether oxygens (including phenoxy) is 1. The Hall–Kier alpha value is -3.47. The Bertz CT molecular complexity index is 1260. The van der Waals surface area contributed by atoms with Crippen LogP contribution in [0.5, 0.6) is 0 Å². The number of nitrogens with two attached hydrogens (primary N) is 1. The summed E-state index contributed by atoms with van der Waals surface area (Å²) >= 11 is 1.76. The van der Waals surface area contributed by atoms with Crippen molar-refractivity contribution in [1.82, 2.24) is 16.0 Å². The highest BCUT2D eigenvalue weighted by molar-refractivity contribution is 8.00. The summed E-state index contributed by atoms with van der Waals surface area (Å²) in [7, 11) is 0. The van der Waals surface area contributed by atoms with Crippen LogP contribution in [0.25, 0.3) is 0 Å². The van der Waals surface area contributed by atoms with Gasteiger partial charge in [-0.3, -0.25) is 14.9 Å². The molecule has 7 N–H and O–H groups in total. The number of thioether (sulfide) groups is 1. The second-order valence-corrected chi connectivity index (χ2v) is 12.7. The maximum atomic E-state index is 12.9. The van der Waals surface area contributed by atoms with E-state index in [0.717, 1.165) is 67.7 Å².